The van der Waals surface area contributed by atoms with Gasteiger partial charge in [-0.25, -0.2) is 8.42 Å². The Hall–Kier alpha value is -0.430. The Balaban J connectivity index is 1.92. The molecule has 0 aromatic heterocycles. The van der Waals surface area contributed by atoms with Crippen molar-refractivity contribution in [3.8, 4) is 0 Å². The maximum atomic E-state index is 12.3. The molecular weight excluding hydrogens is 330 g/mol. The molecule has 1 aliphatic rings. The van der Waals surface area contributed by atoms with Gasteiger partial charge in [0.1, 0.15) is 0 Å². The minimum Gasteiger partial charge on any atom is -0.380 e. The molecule has 0 radical (unpaired) electrons. The first kappa shape index (κ1) is 15.0. The van der Waals surface area contributed by atoms with Crippen LogP contribution < -0.4 is 0 Å². The largest absolute Gasteiger partial charge is 0.380 e. The standard InChI is InChI=1S/C13H18BrNO3S/c1-15(8-9-18-10-11-6-7-11)19(16,17)13-5-3-2-4-12(13)14/h2-5,11H,6-10H2,1H3. The van der Waals surface area contributed by atoms with E-state index >= 15 is 0 Å². The number of nitrogens with zero attached hydrogens (tertiary/aromatic N) is 1. The molecule has 1 fully saturated rings. The van der Waals surface area contributed by atoms with E-state index in [1.807, 2.05) is 0 Å². The fraction of sp³-hybridized carbons (Fsp3) is 0.538. The Bertz CT molecular complexity index is 528. The summed E-state index contributed by atoms with van der Waals surface area (Å²) >= 11 is 3.27. The van der Waals surface area contributed by atoms with Gasteiger partial charge in [0, 0.05) is 24.7 Å². The zero-order valence-electron chi connectivity index (χ0n) is 10.9. The molecule has 0 unspecified atom stereocenters. The summed E-state index contributed by atoms with van der Waals surface area (Å²) in [5, 5.41) is 0. The quantitative estimate of drug-likeness (QED) is 0.712. The van der Waals surface area contributed by atoms with Gasteiger partial charge >= 0.3 is 0 Å². The third-order valence-electron chi connectivity index (χ3n) is 3.13. The number of benzene rings is 1. The summed E-state index contributed by atoms with van der Waals surface area (Å²) < 4.78 is 32.1. The van der Waals surface area contributed by atoms with Gasteiger partial charge < -0.3 is 4.74 Å². The van der Waals surface area contributed by atoms with Gasteiger partial charge in [-0.3, -0.25) is 0 Å². The van der Waals surface area contributed by atoms with Crippen molar-refractivity contribution in [2.24, 2.45) is 5.92 Å². The average molecular weight is 348 g/mol. The highest BCUT2D eigenvalue weighted by atomic mass is 79.9. The second-order valence-electron chi connectivity index (χ2n) is 4.78. The molecular formula is C13H18BrNO3S. The lowest BCUT2D eigenvalue weighted by Gasteiger charge is -2.18. The number of rotatable bonds is 7. The molecule has 4 nitrogen and oxygen atoms in total. The summed E-state index contributed by atoms with van der Waals surface area (Å²) in [6, 6.07) is 6.84. The number of hydrogen-bond donors (Lipinski definition) is 0. The van der Waals surface area contributed by atoms with Crippen molar-refractivity contribution in [2.45, 2.75) is 17.7 Å². The lowest BCUT2D eigenvalue weighted by Crippen LogP contribution is -2.30. The van der Waals surface area contributed by atoms with E-state index in [1.54, 1.807) is 31.3 Å². The molecule has 19 heavy (non-hydrogen) atoms. The molecule has 0 heterocycles. The Morgan fingerprint density at radius 3 is 2.68 bits per heavy atom. The van der Waals surface area contributed by atoms with Gasteiger partial charge in [0.25, 0.3) is 0 Å². The predicted octanol–water partition coefficient (Wildman–Crippen LogP) is 2.50. The molecule has 0 spiro atoms. The van der Waals surface area contributed by atoms with Gasteiger partial charge in [-0.15, -0.1) is 0 Å². The Labute approximate surface area is 122 Å². The second kappa shape index (κ2) is 6.35. The molecule has 6 heteroatoms. The Kier molecular flexibility index (Phi) is 5.00. The molecule has 0 N–H and O–H groups in total. The highest BCUT2D eigenvalue weighted by Crippen LogP contribution is 2.28. The Morgan fingerprint density at radius 1 is 1.37 bits per heavy atom. The monoisotopic (exact) mass is 347 g/mol. The van der Waals surface area contributed by atoms with Crippen LogP contribution in [0.15, 0.2) is 33.6 Å². The first-order valence-electron chi connectivity index (χ1n) is 6.30. The minimum absolute atomic E-state index is 0.291. The van der Waals surface area contributed by atoms with Crippen LogP contribution >= 0.6 is 15.9 Å². The van der Waals surface area contributed by atoms with Crippen molar-refractivity contribution >= 4 is 26.0 Å². The van der Waals surface area contributed by atoms with Crippen molar-refractivity contribution in [2.75, 3.05) is 26.8 Å². The maximum Gasteiger partial charge on any atom is 0.244 e. The predicted molar refractivity (Wildman–Crippen MR) is 77.5 cm³/mol. The molecule has 1 aliphatic carbocycles. The topological polar surface area (TPSA) is 46.6 Å². The van der Waals surface area contributed by atoms with Crippen LogP contribution in [0.2, 0.25) is 0 Å². The molecule has 0 amide bonds. The van der Waals surface area contributed by atoms with E-state index in [-0.39, 0.29) is 0 Å². The van der Waals surface area contributed by atoms with Crippen molar-refractivity contribution in [3.05, 3.63) is 28.7 Å². The van der Waals surface area contributed by atoms with Crippen LogP contribution in [0.25, 0.3) is 0 Å². The molecule has 0 saturated heterocycles. The van der Waals surface area contributed by atoms with E-state index in [2.05, 4.69) is 15.9 Å². The second-order valence-corrected chi connectivity index (χ2v) is 7.64. The van der Waals surface area contributed by atoms with Crippen molar-refractivity contribution in [1.29, 1.82) is 0 Å². The van der Waals surface area contributed by atoms with E-state index in [4.69, 9.17) is 4.74 Å². The number of hydrogen-bond acceptors (Lipinski definition) is 3. The van der Waals surface area contributed by atoms with Crippen LogP contribution in [-0.2, 0) is 14.8 Å². The zero-order chi connectivity index (χ0) is 13.9. The van der Waals surface area contributed by atoms with Gasteiger partial charge in [0.2, 0.25) is 10.0 Å². The molecule has 1 aromatic rings. The van der Waals surface area contributed by atoms with Crippen molar-refractivity contribution in [1.82, 2.24) is 4.31 Å². The molecule has 0 atom stereocenters. The summed E-state index contributed by atoms with van der Waals surface area (Å²) in [6.07, 6.45) is 2.48. The molecule has 2 rings (SSSR count). The third kappa shape index (κ3) is 4.02. The van der Waals surface area contributed by atoms with Gasteiger partial charge in [-0.2, -0.15) is 4.31 Å². The van der Waals surface area contributed by atoms with Crippen LogP contribution in [0, 0.1) is 5.92 Å². The Morgan fingerprint density at radius 2 is 2.05 bits per heavy atom. The van der Waals surface area contributed by atoms with Crippen LogP contribution in [0.1, 0.15) is 12.8 Å². The number of sulfonamides is 1. The fourth-order valence-electron chi connectivity index (χ4n) is 1.67. The lowest BCUT2D eigenvalue weighted by molar-refractivity contribution is 0.117. The van der Waals surface area contributed by atoms with Gasteiger partial charge in [-0.05, 0) is 46.8 Å². The summed E-state index contributed by atoms with van der Waals surface area (Å²) in [4.78, 5) is 0.291. The van der Waals surface area contributed by atoms with Gasteiger partial charge in [0.05, 0.1) is 11.5 Å². The first-order chi connectivity index (χ1) is 9.01. The van der Waals surface area contributed by atoms with Gasteiger partial charge in [0.15, 0.2) is 0 Å². The van der Waals surface area contributed by atoms with Crippen molar-refractivity contribution in [3.63, 3.8) is 0 Å². The molecule has 1 aromatic carbocycles. The number of likely N-dealkylation sites (N-methyl/N-ethyl adjacent to an activating group) is 1. The van der Waals surface area contributed by atoms with Crippen LogP contribution in [0.4, 0.5) is 0 Å². The SMILES string of the molecule is CN(CCOCC1CC1)S(=O)(=O)c1ccccc1Br. The smallest absolute Gasteiger partial charge is 0.244 e. The summed E-state index contributed by atoms with van der Waals surface area (Å²) in [6.45, 7) is 1.57. The molecule has 0 aliphatic heterocycles. The minimum atomic E-state index is -3.45. The van der Waals surface area contributed by atoms with E-state index in [1.165, 1.54) is 17.1 Å². The van der Waals surface area contributed by atoms with Crippen LogP contribution in [-0.4, -0.2) is 39.5 Å². The lowest BCUT2D eigenvalue weighted by atomic mass is 10.4. The molecule has 1 saturated carbocycles. The van der Waals surface area contributed by atoms with Crippen LogP contribution in [0.3, 0.4) is 0 Å². The van der Waals surface area contributed by atoms with Crippen molar-refractivity contribution < 1.29 is 13.2 Å². The number of halogens is 1. The first-order valence-corrected chi connectivity index (χ1v) is 8.53. The normalized spacial score (nSPS) is 15.9. The van der Waals surface area contributed by atoms with E-state index in [9.17, 15) is 8.42 Å². The zero-order valence-corrected chi connectivity index (χ0v) is 13.3. The average Bonchev–Trinajstić information content (AvgIpc) is 3.18. The van der Waals surface area contributed by atoms with Gasteiger partial charge in [-0.1, -0.05) is 12.1 Å². The number of ether oxygens (including phenoxy) is 1. The summed E-state index contributed by atoms with van der Waals surface area (Å²) in [5.41, 5.74) is 0. The third-order valence-corrected chi connectivity index (χ3v) is 5.99. The fourth-order valence-corrected chi connectivity index (χ4v) is 3.78. The van der Waals surface area contributed by atoms with E-state index < -0.39 is 10.0 Å². The van der Waals surface area contributed by atoms with E-state index in [0.29, 0.717) is 28.4 Å². The summed E-state index contributed by atoms with van der Waals surface area (Å²) in [5.74, 6) is 0.699. The van der Waals surface area contributed by atoms with Crippen LogP contribution in [0.5, 0.6) is 0 Å². The summed E-state index contributed by atoms with van der Waals surface area (Å²) in [7, 11) is -1.87. The van der Waals surface area contributed by atoms with E-state index in [0.717, 1.165) is 6.61 Å². The maximum absolute atomic E-state index is 12.3. The highest BCUT2D eigenvalue weighted by molar-refractivity contribution is 9.10. The molecule has 106 valence electrons. The highest BCUT2D eigenvalue weighted by Gasteiger charge is 2.24. The molecule has 0 bridgehead atoms.